The predicted octanol–water partition coefficient (Wildman–Crippen LogP) is 4.83. The van der Waals surface area contributed by atoms with Crippen molar-refractivity contribution < 1.29 is 19.2 Å². The minimum Gasteiger partial charge on any atom is -0.460 e. The molecule has 1 aromatic heterocycles. The van der Waals surface area contributed by atoms with E-state index in [2.05, 4.69) is 15.4 Å². The highest BCUT2D eigenvalue weighted by Gasteiger charge is 2.15. The van der Waals surface area contributed by atoms with Crippen LogP contribution < -0.4 is 10.1 Å². The van der Waals surface area contributed by atoms with E-state index in [1.807, 2.05) is 43.3 Å². The molecule has 0 bridgehead atoms. The molecule has 188 valence electrons. The Labute approximate surface area is 213 Å². The van der Waals surface area contributed by atoms with Gasteiger partial charge in [0.25, 0.3) is 5.69 Å². The van der Waals surface area contributed by atoms with Gasteiger partial charge in [0, 0.05) is 36.6 Å². The number of benzene rings is 3. The maximum Gasteiger partial charge on any atom is 0.336 e. The first kappa shape index (κ1) is 25.3. The van der Waals surface area contributed by atoms with Gasteiger partial charge >= 0.3 is 6.01 Å². The summed E-state index contributed by atoms with van der Waals surface area (Å²) in [6, 6.07) is 21.3. The molecule has 1 N–H and O–H groups in total. The van der Waals surface area contributed by atoms with Crippen LogP contribution in [0.15, 0.2) is 78.9 Å². The fourth-order valence-electron chi connectivity index (χ4n) is 3.39. The van der Waals surface area contributed by atoms with Crippen LogP contribution in [0.5, 0.6) is 6.01 Å². The lowest BCUT2D eigenvalue weighted by atomic mass is 10.1. The summed E-state index contributed by atoms with van der Waals surface area (Å²) < 4.78 is 12.3. The molecule has 0 saturated heterocycles. The van der Waals surface area contributed by atoms with Gasteiger partial charge in [-0.25, -0.2) is 4.68 Å². The number of nitro benzene ring substituents is 1. The number of nitro groups is 1. The van der Waals surface area contributed by atoms with Gasteiger partial charge < -0.3 is 14.8 Å². The highest BCUT2D eigenvalue weighted by molar-refractivity contribution is 6.02. The maximum atomic E-state index is 12.4. The SMILES string of the molecule is COCCOc1nc(-c2ccc(C)cc2)n(-c2ccc(NC(=O)C=Cc3ccc([N+](=O)[O-])cc3)cc2)n1. The smallest absolute Gasteiger partial charge is 0.336 e. The van der Waals surface area contributed by atoms with Gasteiger partial charge in [0.15, 0.2) is 5.82 Å². The van der Waals surface area contributed by atoms with E-state index in [-0.39, 0.29) is 17.6 Å². The molecule has 0 fully saturated rings. The number of nitrogens with one attached hydrogen (secondary N) is 1. The second-order valence-electron chi connectivity index (χ2n) is 8.06. The molecule has 10 heteroatoms. The number of rotatable bonds is 10. The molecule has 1 amide bonds. The van der Waals surface area contributed by atoms with Crippen molar-refractivity contribution in [1.29, 1.82) is 0 Å². The second-order valence-corrected chi connectivity index (χ2v) is 8.06. The summed E-state index contributed by atoms with van der Waals surface area (Å²) in [7, 11) is 1.60. The van der Waals surface area contributed by atoms with Crippen molar-refractivity contribution in [2.75, 3.05) is 25.6 Å². The minimum atomic E-state index is -0.470. The molecule has 1 heterocycles. The molecule has 0 spiro atoms. The van der Waals surface area contributed by atoms with E-state index < -0.39 is 4.92 Å². The van der Waals surface area contributed by atoms with E-state index in [4.69, 9.17) is 9.47 Å². The topological polar surface area (TPSA) is 121 Å². The number of carbonyl (C=O) groups excluding carboxylic acids is 1. The average Bonchev–Trinajstić information content (AvgIpc) is 3.33. The number of non-ortho nitro benzene ring substituents is 1. The van der Waals surface area contributed by atoms with Gasteiger partial charge in [0.05, 0.1) is 17.2 Å². The predicted molar refractivity (Wildman–Crippen MR) is 140 cm³/mol. The Bertz CT molecular complexity index is 1390. The van der Waals surface area contributed by atoms with Crippen molar-refractivity contribution in [1.82, 2.24) is 14.8 Å². The number of aromatic nitrogens is 3. The fourth-order valence-corrected chi connectivity index (χ4v) is 3.39. The Balaban J connectivity index is 1.49. The summed E-state index contributed by atoms with van der Waals surface area (Å²) in [5.41, 5.74) is 4.02. The largest absolute Gasteiger partial charge is 0.460 e. The van der Waals surface area contributed by atoms with E-state index in [1.165, 1.54) is 18.2 Å². The van der Waals surface area contributed by atoms with Gasteiger partial charge in [0.2, 0.25) is 5.91 Å². The number of carbonyl (C=O) groups is 1. The molecule has 10 nitrogen and oxygen atoms in total. The van der Waals surface area contributed by atoms with Crippen LogP contribution in [0, 0.1) is 17.0 Å². The van der Waals surface area contributed by atoms with E-state index in [0.29, 0.717) is 30.3 Å². The lowest BCUT2D eigenvalue weighted by Crippen LogP contribution is -2.08. The van der Waals surface area contributed by atoms with Crippen molar-refractivity contribution in [3.63, 3.8) is 0 Å². The van der Waals surface area contributed by atoms with E-state index in [9.17, 15) is 14.9 Å². The maximum absolute atomic E-state index is 12.4. The number of ether oxygens (including phenoxy) is 2. The molecule has 0 unspecified atom stereocenters. The van der Waals surface area contributed by atoms with Crippen molar-refractivity contribution in [2.45, 2.75) is 6.92 Å². The second kappa shape index (κ2) is 11.7. The number of nitrogens with zero attached hydrogens (tertiary/aromatic N) is 4. The zero-order valence-electron chi connectivity index (χ0n) is 20.3. The van der Waals surface area contributed by atoms with Crippen molar-refractivity contribution in [2.24, 2.45) is 0 Å². The lowest BCUT2D eigenvalue weighted by Gasteiger charge is -2.08. The molecule has 3 aromatic carbocycles. The third-order valence-electron chi connectivity index (χ3n) is 5.33. The van der Waals surface area contributed by atoms with E-state index in [0.717, 1.165) is 16.8 Å². The molecule has 0 atom stereocenters. The standard InChI is InChI=1S/C27H25N5O5/c1-19-3-8-21(9-4-19)26-29-27(37-18-17-36-2)30-31(26)23-14-10-22(11-15-23)28-25(33)16-7-20-5-12-24(13-6-20)32(34)35/h3-16H,17-18H2,1-2H3,(H,28,33). The molecule has 0 aliphatic heterocycles. The molecule has 0 aliphatic carbocycles. The number of hydrogen-bond donors (Lipinski definition) is 1. The van der Waals surface area contributed by atoms with E-state index >= 15 is 0 Å². The molecular weight excluding hydrogens is 474 g/mol. The highest BCUT2D eigenvalue weighted by Crippen LogP contribution is 2.25. The average molecular weight is 500 g/mol. The molecule has 0 aliphatic rings. The van der Waals surface area contributed by atoms with Crippen LogP contribution in [0.1, 0.15) is 11.1 Å². The molecule has 0 radical (unpaired) electrons. The minimum absolute atomic E-state index is 0.00623. The Morgan fingerprint density at radius 1 is 1.03 bits per heavy atom. The van der Waals surface area contributed by atoms with Crippen LogP contribution in [0.25, 0.3) is 23.2 Å². The van der Waals surface area contributed by atoms with E-state index in [1.54, 1.807) is 42.1 Å². The van der Waals surface area contributed by atoms with Crippen molar-refractivity contribution >= 4 is 23.4 Å². The monoisotopic (exact) mass is 499 g/mol. The highest BCUT2D eigenvalue weighted by atomic mass is 16.6. The molecule has 37 heavy (non-hydrogen) atoms. The van der Waals surface area contributed by atoms with Crippen LogP contribution >= 0.6 is 0 Å². The quantitative estimate of drug-likeness (QED) is 0.144. The fraction of sp³-hybridized carbons (Fsp3) is 0.148. The number of methoxy groups -OCH3 is 1. The molecular formula is C27H25N5O5. The van der Waals surface area contributed by atoms with Gasteiger partial charge in [-0.15, -0.1) is 5.10 Å². The summed E-state index contributed by atoms with van der Waals surface area (Å²) in [6.45, 7) is 2.76. The Kier molecular flexibility index (Phi) is 8.01. The van der Waals surface area contributed by atoms with Crippen LogP contribution in [-0.2, 0) is 9.53 Å². The van der Waals surface area contributed by atoms with Gasteiger partial charge in [-0.05, 0) is 55.0 Å². The van der Waals surface area contributed by atoms with Crippen molar-refractivity contribution in [3.05, 3.63) is 100 Å². The Morgan fingerprint density at radius 2 is 1.73 bits per heavy atom. The van der Waals surface area contributed by atoms with Crippen LogP contribution in [0.3, 0.4) is 0 Å². The number of amides is 1. The summed E-state index contributed by atoms with van der Waals surface area (Å²) in [5, 5.41) is 18.1. The molecule has 4 rings (SSSR count). The summed E-state index contributed by atoms with van der Waals surface area (Å²) >= 11 is 0. The lowest BCUT2D eigenvalue weighted by molar-refractivity contribution is -0.384. The number of hydrogen-bond acceptors (Lipinski definition) is 7. The molecule has 0 saturated carbocycles. The third kappa shape index (κ3) is 6.65. The zero-order chi connectivity index (χ0) is 26.2. The van der Waals surface area contributed by atoms with Gasteiger partial charge in [-0.2, -0.15) is 4.98 Å². The Hall–Kier alpha value is -4.83. The van der Waals surface area contributed by atoms with Crippen LogP contribution in [-0.4, -0.2) is 45.9 Å². The third-order valence-corrected chi connectivity index (χ3v) is 5.33. The van der Waals surface area contributed by atoms with Gasteiger partial charge in [0.1, 0.15) is 6.61 Å². The normalized spacial score (nSPS) is 11.0. The van der Waals surface area contributed by atoms with Gasteiger partial charge in [-0.1, -0.05) is 29.8 Å². The first-order valence-corrected chi connectivity index (χ1v) is 11.4. The first-order valence-electron chi connectivity index (χ1n) is 11.4. The summed E-state index contributed by atoms with van der Waals surface area (Å²) in [5.74, 6) is 0.288. The van der Waals surface area contributed by atoms with Crippen LogP contribution in [0.4, 0.5) is 11.4 Å². The van der Waals surface area contributed by atoms with Gasteiger partial charge in [-0.3, -0.25) is 14.9 Å². The number of aryl methyl sites for hydroxylation is 1. The summed E-state index contributed by atoms with van der Waals surface area (Å²) in [6.07, 6.45) is 2.95. The summed E-state index contributed by atoms with van der Waals surface area (Å²) in [4.78, 5) is 27.2. The molecule has 4 aromatic rings. The first-order chi connectivity index (χ1) is 17.9. The van der Waals surface area contributed by atoms with Crippen molar-refractivity contribution in [3.8, 4) is 23.1 Å². The van der Waals surface area contributed by atoms with Crippen LogP contribution in [0.2, 0.25) is 0 Å². The zero-order valence-corrected chi connectivity index (χ0v) is 20.3. The Morgan fingerprint density at radius 3 is 2.38 bits per heavy atom. The number of anilines is 1.